The van der Waals surface area contributed by atoms with Crippen molar-refractivity contribution < 1.29 is 24.5 Å². The number of hydrogen-bond donors (Lipinski definition) is 3. The van der Waals surface area contributed by atoms with Gasteiger partial charge in [-0.3, -0.25) is 9.59 Å². The molecule has 0 aliphatic carbocycles. The quantitative estimate of drug-likeness (QED) is 0.0320. The third-order valence-electron chi connectivity index (χ3n) is 17.7. The minimum absolute atomic E-state index is 0.0213. The lowest BCUT2D eigenvalue weighted by atomic mass is 10.0. The molecule has 0 radical (unpaired) electrons. The van der Waals surface area contributed by atoms with E-state index in [2.05, 4.69) is 31.3 Å². The third-order valence-corrected chi connectivity index (χ3v) is 17.7. The Bertz CT molecular complexity index is 1280. The second kappa shape index (κ2) is 71.8. The van der Waals surface area contributed by atoms with Crippen molar-refractivity contribution in [3.8, 4) is 0 Å². The molecule has 0 aromatic rings. The fourth-order valence-electron chi connectivity index (χ4n) is 12.0. The Labute approximate surface area is 513 Å². The Morgan fingerprint density at radius 2 is 0.573 bits per heavy atom. The standard InChI is InChI=1S/C76H147NO5/c1-3-5-7-9-11-13-15-17-19-20-35-39-42-46-50-54-58-62-66-70-76(81)82-71-67-63-59-55-51-47-43-40-37-34-32-30-28-26-24-22-21-23-25-27-29-31-33-36-38-41-45-49-53-57-61-65-69-75(80)77-73(72-78)74(79)68-64-60-56-52-48-44-18-16-14-12-10-8-6-4-2/h17,19,64,68,73-74,78-79H,3-16,18,20-63,65-67,69-72H2,1-2H3,(H,77,80)/b19-17-,68-64+. The van der Waals surface area contributed by atoms with Gasteiger partial charge in [0.05, 0.1) is 25.4 Å². The van der Waals surface area contributed by atoms with E-state index < -0.39 is 12.1 Å². The van der Waals surface area contributed by atoms with Crippen LogP contribution in [-0.2, 0) is 14.3 Å². The maximum absolute atomic E-state index is 12.5. The van der Waals surface area contributed by atoms with E-state index in [0.29, 0.717) is 19.4 Å². The van der Waals surface area contributed by atoms with Crippen molar-refractivity contribution in [3.63, 3.8) is 0 Å². The molecule has 0 heterocycles. The summed E-state index contributed by atoms with van der Waals surface area (Å²) in [5, 5.41) is 23.2. The van der Waals surface area contributed by atoms with Crippen molar-refractivity contribution in [3.05, 3.63) is 24.3 Å². The SMILES string of the molecule is CCCCCCCC/C=C\CCCCCCCCCCCC(=O)OCCCCCCCCCCCCCCCCCCCCCCCCCCCCCCCCCCC(=O)NC(CO)C(O)/C=C/CCCCCCCCCCCCCC. The number of aliphatic hydroxyl groups excluding tert-OH is 2. The van der Waals surface area contributed by atoms with E-state index in [0.717, 1.165) is 38.5 Å². The fourth-order valence-corrected chi connectivity index (χ4v) is 12.0. The second-order valence-corrected chi connectivity index (χ2v) is 26.0. The molecule has 0 aromatic heterocycles. The predicted molar refractivity (Wildman–Crippen MR) is 361 cm³/mol. The molecule has 486 valence electrons. The van der Waals surface area contributed by atoms with Crippen molar-refractivity contribution in [2.45, 2.75) is 437 Å². The number of ether oxygens (including phenoxy) is 1. The molecule has 6 nitrogen and oxygen atoms in total. The van der Waals surface area contributed by atoms with Crippen LogP contribution in [0.15, 0.2) is 24.3 Å². The number of esters is 1. The van der Waals surface area contributed by atoms with Gasteiger partial charge in [-0.1, -0.05) is 378 Å². The highest BCUT2D eigenvalue weighted by molar-refractivity contribution is 5.76. The van der Waals surface area contributed by atoms with Gasteiger partial charge >= 0.3 is 5.97 Å². The zero-order valence-electron chi connectivity index (χ0n) is 55.8. The Morgan fingerprint density at radius 1 is 0.329 bits per heavy atom. The number of unbranched alkanes of at least 4 members (excludes halogenated alkanes) is 58. The van der Waals surface area contributed by atoms with Crippen LogP contribution in [0.1, 0.15) is 425 Å². The van der Waals surface area contributed by atoms with E-state index in [1.165, 1.54) is 360 Å². The van der Waals surface area contributed by atoms with Gasteiger partial charge < -0.3 is 20.3 Å². The van der Waals surface area contributed by atoms with E-state index >= 15 is 0 Å². The highest BCUT2D eigenvalue weighted by Crippen LogP contribution is 2.19. The van der Waals surface area contributed by atoms with Crippen molar-refractivity contribution in [1.82, 2.24) is 5.32 Å². The monoisotopic (exact) mass is 1150 g/mol. The molecule has 0 fully saturated rings. The lowest BCUT2D eigenvalue weighted by Crippen LogP contribution is -2.45. The summed E-state index contributed by atoms with van der Waals surface area (Å²) in [6, 6.07) is -0.624. The van der Waals surface area contributed by atoms with Gasteiger partial charge in [0.25, 0.3) is 0 Å². The topological polar surface area (TPSA) is 95.9 Å². The first-order valence-electron chi connectivity index (χ1n) is 37.6. The van der Waals surface area contributed by atoms with Crippen LogP contribution in [0.5, 0.6) is 0 Å². The number of carbonyl (C=O) groups excluding carboxylic acids is 2. The number of allylic oxidation sites excluding steroid dienone is 3. The van der Waals surface area contributed by atoms with E-state index in [9.17, 15) is 19.8 Å². The molecule has 2 atom stereocenters. The largest absolute Gasteiger partial charge is 0.466 e. The van der Waals surface area contributed by atoms with Crippen molar-refractivity contribution in [2.24, 2.45) is 0 Å². The lowest BCUT2D eigenvalue weighted by Gasteiger charge is -2.20. The number of carbonyl (C=O) groups is 2. The summed E-state index contributed by atoms with van der Waals surface area (Å²) in [6.07, 6.45) is 91.4. The minimum atomic E-state index is -0.840. The first kappa shape index (κ1) is 80.3. The van der Waals surface area contributed by atoms with E-state index in [-0.39, 0.29) is 18.5 Å². The molecule has 0 saturated heterocycles. The summed E-state index contributed by atoms with van der Waals surface area (Å²) < 4.78 is 5.52. The molecule has 3 N–H and O–H groups in total. The van der Waals surface area contributed by atoms with Crippen LogP contribution in [0.2, 0.25) is 0 Å². The first-order chi connectivity index (χ1) is 40.5. The average Bonchev–Trinajstić information content (AvgIpc) is 3.48. The van der Waals surface area contributed by atoms with Crippen LogP contribution >= 0.6 is 0 Å². The van der Waals surface area contributed by atoms with Gasteiger partial charge in [-0.05, 0) is 57.8 Å². The zero-order chi connectivity index (χ0) is 59.2. The maximum Gasteiger partial charge on any atom is 0.305 e. The van der Waals surface area contributed by atoms with Crippen LogP contribution < -0.4 is 5.32 Å². The van der Waals surface area contributed by atoms with Gasteiger partial charge in [0.15, 0.2) is 0 Å². The number of nitrogens with one attached hydrogen (secondary N) is 1. The van der Waals surface area contributed by atoms with Crippen molar-refractivity contribution in [2.75, 3.05) is 13.2 Å². The molecular formula is C76H147NO5. The first-order valence-corrected chi connectivity index (χ1v) is 37.6. The zero-order valence-corrected chi connectivity index (χ0v) is 55.8. The van der Waals surface area contributed by atoms with E-state index in [1.54, 1.807) is 6.08 Å². The van der Waals surface area contributed by atoms with Crippen LogP contribution in [0.3, 0.4) is 0 Å². The summed E-state index contributed by atoms with van der Waals surface area (Å²) in [5.74, 6) is -0.0397. The highest BCUT2D eigenvalue weighted by atomic mass is 16.5. The second-order valence-electron chi connectivity index (χ2n) is 26.0. The number of aliphatic hydroxyl groups is 2. The Hall–Kier alpha value is -1.66. The summed E-state index contributed by atoms with van der Waals surface area (Å²) >= 11 is 0. The van der Waals surface area contributed by atoms with Crippen molar-refractivity contribution in [1.29, 1.82) is 0 Å². The smallest absolute Gasteiger partial charge is 0.305 e. The molecule has 0 saturated carbocycles. The Balaban J connectivity index is 3.31. The van der Waals surface area contributed by atoms with Gasteiger partial charge in [-0.15, -0.1) is 0 Å². The molecule has 2 unspecified atom stereocenters. The van der Waals surface area contributed by atoms with E-state index in [1.807, 2.05) is 6.08 Å². The number of hydrogen-bond acceptors (Lipinski definition) is 5. The normalized spacial score (nSPS) is 12.6. The molecule has 0 aliphatic heterocycles. The predicted octanol–water partition coefficient (Wildman–Crippen LogP) is 24.5. The molecule has 1 amide bonds. The van der Waals surface area contributed by atoms with Crippen LogP contribution in [0.4, 0.5) is 0 Å². The Morgan fingerprint density at radius 3 is 0.866 bits per heavy atom. The molecule has 6 heteroatoms. The molecule has 0 aromatic carbocycles. The molecule has 0 rings (SSSR count). The summed E-state index contributed by atoms with van der Waals surface area (Å²) in [5.41, 5.74) is 0. The molecule has 0 aliphatic rings. The van der Waals surface area contributed by atoms with Gasteiger partial charge in [0.2, 0.25) is 5.91 Å². The van der Waals surface area contributed by atoms with Gasteiger partial charge in [-0.2, -0.15) is 0 Å². The lowest BCUT2D eigenvalue weighted by molar-refractivity contribution is -0.143. The summed E-state index contributed by atoms with van der Waals surface area (Å²) in [6.45, 7) is 4.94. The van der Waals surface area contributed by atoms with Crippen LogP contribution in [0.25, 0.3) is 0 Å². The molecular weight excluding hydrogens is 1010 g/mol. The van der Waals surface area contributed by atoms with Crippen LogP contribution in [-0.4, -0.2) is 47.4 Å². The fraction of sp³-hybridized carbons (Fsp3) is 0.921. The van der Waals surface area contributed by atoms with Gasteiger partial charge in [0.1, 0.15) is 0 Å². The third kappa shape index (κ3) is 67.5. The van der Waals surface area contributed by atoms with E-state index in [4.69, 9.17) is 4.74 Å². The number of amides is 1. The average molecular weight is 1160 g/mol. The number of rotatable bonds is 71. The molecule has 0 spiro atoms. The maximum atomic E-state index is 12.5. The van der Waals surface area contributed by atoms with Crippen molar-refractivity contribution >= 4 is 11.9 Å². The van der Waals surface area contributed by atoms with Gasteiger partial charge in [0, 0.05) is 12.8 Å². The summed E-state index contributed by atoms with van der Waals surface area (Å²) in [7, 11) is 0. The summed E-state index contributed by atoms with van der Waals surface area (Å²) in [4.78, 5) is 24.6. The highest BCUT2D eigenvalue weighted by Gasteiger charge is 2.18. The molecule has 0 bridgehead atoms. The molecule has 82 heavy (non-hydrogen) atoms. The van der Waals surface area contributed by atoms with Crippen LogP contribution in [0, 0.1) is 0 Å². The minimum Gasteiger partial charge on any atom is -0.466 e. The Kier molecular flexibility index (Phi) is 70.4. The van der Waals surface area contributed by atoms with Gasteiger partial charge in [-0.25, -0.2) is 0 Å².